The highest BCUT2D eigenvalue weighted by atomic mass is 16.5. The van der Waals surface area contributed by atoms with Gasteiger partial charge in [0.05, 0.1) is 12.7 Å². The summed E-state index contributed by atoms with van der Waals surface area (Å²) in [5, 5.41) is 6.70. The molecular formula is C21H22N2O4. The molecule has 0 spiro atoms. The monoisotopic (exact) mass is 366 g/mol. The maximum atomic E-state index is 12.6. The summed E-state index contributed by atoms with van der Waals surface area (Å²) >= 11 is 0. The molecule has 0 bridgehead atoms. The lowest BCUT2D eigenvalue weighted by molar-refractivity contribution is 0.101. The number of carbonyl (C=O) groups is 1. The fourth-order valence-electron chi connectivity index (χ4n) is 2.61. The van der Waals surface area contributed by atoms with Gasteiger partial charge in [0.25, 0.3) is 5.91 Å². The molecule has 1 amide bonds. The van der Waals surface area contributed by atoms with Gasteiger partial charge in [0.2, 0.25) is 0 Å². The number of ether oxygens (including phenoxy) is 2. The number of aryl methyl sites for hydroxylation is 2. The molecule has 1 heterocycles. The lowest BCUT2D eigenvalue weighted by Crippen LogP contribution is -2.15. The summed E-state index contributed by atoms with van der Waals surface area (Å²) in [5.74, 6) is 1.58. The molecule has 2 aromatic carbocycles. The van der Waals surface area contributed by atoms with Crippen molar-refractivity contribution in [3.63, 3.8) is 0 Å². The van der Waals surface area contributed by atoms with Crippen molar-refractivity contribution in [1.82, 2.24) is 5.16 Å². The molecule has 0 radical (unpaired) electrons. The molecule has 0 saturated heterocycles. The molecule has 0 fully saturated rings. The van der Waals surface area contributed by atoms with Gasteiger partial charge in [-0.1, -0.05) is 30.3 Å². The highest BCUT2D eigenvalue weighted by Crippen LogP contribution is 2.21. The number of amides is 1. The Bertz CT molecular complexity index is 916. The molecule has 3 aromatic rings. The molecular weight excluding hydrogens is 344 g/mol. The van der Waals surface area contributed by atoms with E-state index in [4.69, 9.17) is 14.0 Å². The Morgan fingerprint density at radius 3 is 2.63 bits per heavy atom. The predicted molar refractivity (Wildman–Crippen MR) is 102 cm³/mol. The van der Waals surface area contributed by atoms with E-state index in [9.17, 15) is 4.79 Å². The molecule has 0 saturated carbocycles. The SMILES string of the molecule is CCc1ccc(OCc2c(C(=O)Nc3cccc(OC)c3)noc2C)cc1. The summed E-state index contributed by atoms with van der Waals surface area (Å²) < 4.78 is 16.2. The van der Waals surface area contributed by atoms with Crippen LogP contribution >= 0.6 is 0 Å². The van der Waals surface area contributed by atoms with Crippen molar-refractivity contribution >= 4 is 11.6 Å². The van der Waals surface area contributed by atoms with Crippen molar-refractivity contribution in [2.75, 3.05) is 12.4 Å². The van der Waals surface area contributed by atoms with E-state index < -0.39 is 0 Å². The first-order valence-electron chi connectivity index (χ1n) is 8.73. The largest absolute Gasteiger partial charge is 0.497 e. The van der Waals surface area contributed by atoms with Crippen LogP contribution in [0.15, 0.2) is 53.1 Å². The lowest BCUT2D eigenvalue weighted by atomic mass is 10.1. The van der Waals surface area contributed by atoms with Crippen LogP contribution in [-0.4, -0.2) is 18.2 Å². The van der Waals surface area contributed by atoms with Crippen molar-refractivity contribution in [2.45, 2.75) is 26.9 Å². The maximum Gasteiger partial charge on any atom is 0.278 e. The van der Waals surface area contributed by atoms with Gasteiger partial charge in [-0.3, -0.25) is 4.79 Å². The minimum absolute atomic E-state index is 0.196. The number of benzene rings is 2. The lowest BCUT2D eigenvalue weighted by Gasteiger charge is -2.08. The van der Waals surface area contributed by atoms with Gasteiger partial charge in [-0.25, -0.2) is 0 Å². The Labute approximate surface area is 158 Å². The molecule has 3 rings (SSSR count). The van der Waals surface area contributed by atoms with Crippen LogP contribution < -0.4 is 14.8 Å². The molecule has 0 unspecified atom stereocenters. The van der Waals surface area contributed by atoms with E-state index in [1.54, 1.807) is 38.3 Å². The molecule has 6 heteroatoms. The van der Waals surface area contributed by atoms with E-state index in [1.165, 1.54) is 5.56 Å². The van der Waals surface area contributed by atoms with Gasteiger partial charge in [-0.05, 0) is 43.2 Å². The van der Waals surface area contributed by atoms with Gasteiger partial charge in [0.1, 0.15) is 23.9 Å². The topological polar surface area (TPSA) is 73.6 Å². The second-order valence-electron chi connectivity index (χ2n) is 6.04. The van der Waals surface area contributed by atoms with Crippen LogP contribution in [0, 0.1) is 6.92 Å². The number of carbonyl (C=O) groups excluding carboxylic acids is 1. The zero-order chi connectivity index (χ0) is 19.2. The number of methoxy groups -OCH3 is 1. The Morgan fingerprint density at radius 2 is 1.93 bits per heavy atom. The van der Waals surface area contributed by atoms with Gasteiger partial charge < -0.3 is 19.3 Å². The third kappa shape index (κ3) is 4.47. The van der Waals surface area contributed by atoms with Crippen LogP contribution in [0.5, 0.6) is 11.5 Å². The van der Waals surface area contributed by atoms with Crippen LogP contribution in [0.2, 0.25) is 0 Å². The van der Waals surface area contributed by atoms with Crippen molar-refractivity contribution in [3.8, 4) is 11.5 Å². The second-order valence-corrected chi connectivity index (χ2v) is 6.04. The van der Waals surface area contributed by atoms with Gasteiger partial charge in [0, 0.05) is 11.8 Å². The molecule has 0 aliphatic carbocycles. The highest BCUT2D eigenvalue weighted by Gasteiger charge is 2.20. The molecule has 140 valence electrons. The van der Waals surface area contributed by atoms with Crippen molar-refractivity contribution < 1.29 is 18.8 Å². The highest BCUT2D eigenvalue weighted by molar-refractivity contribution is 6.04. The fraction of sp³-hybridized carbons (Fsp3) is 0.238. The zero-order valence-electron chi connectivity index (χ0n) is 15.6. The normalized spacial score (nSPS) is 10.5. The summed E-state index contributed by atoms with van der Waals surface area (Å²) in [7, 11) is 1.57. The van der Waals surface area contributed by atoms with E-state index in [0.29, 0.717) is 22.8 Å². The van der Waals surface area contributed by atoms with Gasteiger partial charge in [0.15, 0.2) is 5.69 Å². The Kier molecular flexibility index (Phi) is 5.76. The van der Waals surface area contributed by atoms with E-state index in [2.05, 4.69) is 17.4 Å². The molecule has 6 nitrogen and oxygen atoms in total. The maximum absolute atomic E-state index is 12.6. The van der Waals surface area contributed by atoms with Crippen molar-refractivity contribution in [1.29, 1.82) is 0 Å². The summed E-state index contributed by atoms with van der Waals surface area (Å²) in [5.41, 5.74) is 2.68. The number of anilines is 1. The first-order valence-corrected chi connectivity index (χ1v) is 8.73. The standard InChI is InChI=1S/C21H22N2O4/c1-4-15-8-10-17(11-9-15)26-13-19-14(2)27-23-20(19)21(24)22-16-6-5-7-18(12-16)25-3/h5-12H,4,13H2,1-3H3,(H,22,24). The second kappa shape index (κ2) is 8.40. The van der Waals surface area contributed by atoms with Crippen LogP contribution in [0.25, 0.3) is 0 Å². The number of nitrogens with zero attached hydrogens (tertiary/aromatic N) is 1. The van der Waals surface area contributed by atoms with Gasteiger partial charge in [-0.15, -0.1) is 0 Å². The fourth-order valence-corrected chi connectivity index (χ4v) is 2.61. The van der Waals surface area contributed by atoms with Crippen molar-refractivity contribution in [2.24, 2.45) is 0 Å². The third-order valence-corrected chi connectivity index (χ3v) is 4.24. The number of rotatable bonds is 7. The molecule has 0 aliphatic rings. The molecule has 1 aromatic heterocycles. The summed E-state index contributed by atoms with van der Waals surface area (Å²) in [4.78, 5) is 12.6. The van der Waals surface area contributed by atoms with Crippen molar-refractivity contribution in [3.05, 3.63) is 71.1 Å². The first-order chi connectivity index (χ1) is 13.1. The number of hydrogen-bond acceptors (Lipinski definition) is 5. The van der Waals surface area contributed by atoms with E-state index >= 15 is 0 Å². The average Bonchev–Trinajstić information content (AvgIpc) is 3.07. The zero-order valence-corrected chi connectivity index (χ0v) is 15.6. The van der Waals surface area contributed by atoms with E-state index in [1.807, 2.05) is 24.3 Å². The van der Waals surface area contributed by atoms with Crippen LogP contribution in [-0.2, 0) is 13.0 Å². The van der Waals surface area contributed by atoms with Crippen LogP contribution in [0.1, 0.15) is 34.3 Å². The quantitative estimate of drug-likeness (QED) is 0.671. The minimum atomic E-state index is -0.361. The van der Waals surface area contributed by atoms with Crippen LogP contribution in [0.4, 0.5) is 5.69 Å². The average molecular weight is 366 g/mol. The third-order valence-electron chi connectivity index (χ3n) is 4.24. The van der Waals surface area contributed by atoms with E-state index in [-0.39, 0.29) is 18.2 Å². The molecule has 0 aliphatic heterocycles. The molecule has 0 atom stereocenters. The number of nitrogens with one attached hydrogen (secondary N) is 1. The van der Waals surface area contributed by atoms with Gasteiger partial charge >= 0.3 is 0 Å². The predicted octanol–water partition coefficient (Wildman–Crippen LogP) is 4.39. The van der Waals surface area contributed by atoms with E-state index in [0.717, 1.165) is 12.2 Å². The number of hydrogen-bond donors (Lipinski definition) is 1. The Hall–Kier alpha value is -3.28. The minimum Gasteiger partial charge on any atom is -0.497 e. The summed E-state index contributed by atoms with van der Waals surface area (Å²) in [6, 6.07) is 15.0. The van der Waals surface area contributed by atoms with Crippen LogP contribution in [0.3, 0.4) is 0 Å². The Morgan fingerprint density at radius 1 is 1.15 bits per heavy atom. The summed E-state index contributed by atoms with van der Waals surface area (Å²) in [6.45, 7) is 4.06. The van der Waals surface area contributed by atoms with Gasteiger partial charge in [-0.2, -0.15) is 0 Å². The molecule has 27 heavy (non-hydrogen) atoms. The molecule has 1 N–H and O–H groups in total. The Balaban J connectivity index is 1.71. The summed E-state index contributed by atoms with van der Waals surface area (Å²) in [6.07, 6.45) is 0.972. The number of aromatic nitrogens is 1. The smallest absolute Gasteiger partial charge is 0.278 e. The first kappa shape index (κ1) is 18.5.